The SMILES string of the molecule is COc1ccc(C(O)CN2CCC3(CC2)CC(O)c2cc(C)c(C)cc2O3)cc1. The number of aryl methyl sites for hydroxylation is 2. The number of aliphatic hydroxyl groups is 2. The summed E-state index contributed by atoms with van der Waals surface area (Å²) in [6.07, 6.45) is 1.34. The fraction of sp³-hybridized carbons (Fsp3) is 0.500. The van der Waals surface area contributed by atoms with Crippen molar-refractivity contribution < 1.29 is 19.7 Å². The number of ether oxygens (including phenoxy) is 2. The highest BCUT2D eigenvalue weighted by Gasteiger charge is 2.43. The van der Waals surface area contributed by atoms with Crippen LogP contribution in [0.25, 0.3) is 0 Å². The van der Waals surface area contributed by atoms with Gasteiger partial charge in [0, 0.05) is 31.6 Å². The van der Waals surface area contributed by atoms with Crippen LogP contribution >= 0.6 is 0 Å². The molecule has 0 bridgehead atoms. The molecule has 2 N–H and O–H groups in total. The van der Waals surface area contributed by atoms with Crippen LogP contribution in [0.4, 0.5) is 0 Å². The molecule has 1 saturated heterocycles. The Morgan fingerprint density at radius 3 is 2.45 bits per heavy atom. The number of aliphatic hydroxyl groups excluding tert-OH is 2. The molecular formula is C24H31NO4. The molecule has 0 saturated carbocycles. The van der Waals surface area contributed by atoms with Crippen LogP contribution in [0.2, 0.25) is 0 Å². The van der Waals surface area contributed by atoms with Crippen LogP contribution in [0, 0.1) is 13.8 Å². The van der Waals surface area contributed by atoms with E-state index in [1.54, 1.807) is 7.11 Å². The first-order valence-corrected chi connectivity index (χ1v) is 10.4. The lowest BCUT2D eigenvalue weighted by atomic mass is 9.81. The van der Waals surface area contributed by atoms with Gasteiger partial charge in [0.05, 0.1) is 19.3 Å². The Hall–Kier alpha value is -2.08. The summed E-state index contributed by atoms with van der Waals surface area (Å²) in [4.78, 5) is 2.28. The third-order valence-electron chi connectivity index (χ3n) is 6.58. The van der Waals surface area contributed by atoms with Gasteiger partial charge in [0.1, 0.15) is 17.1 Å². The van der Waals surface area contributed by atoms with Gasteiger partial charge in [-0.3, -0.25) is 0 Å². The van der Waals surface area contributed by atoms with Gasteiger partial charge in [-0.05, 0) is 67.6 Å². The van der Waals surface area contributed by atoms with Crippen molar-refractivity contribution in [2.75, 3.05) is 26.7 Å². The maximum absolute atomic E-state index is 10.8. The molecule has 29 heavy (non-hydrogen) atoms. The van der Waals surface area contributed by atoms with Crippen molar-refractivity contribution in [3.8, 4) is 11.5 Å². The molecule has 0 aromatic heterocycles. The molecular weight excluding hydrogens is 366 g/mol. The average Bonchev–Trinajstić information content (AvgIpc) is 2.71. The minimum absolute atomic E-state index is 0.310. The zero-order chi connectivity index (χ0) is 20.6. The summed E-state index contributed by atoms with van der Waals surface area (Å²) in [5, 5.41) is 21.4. The highest BCUT2D eigenvalue weighted by atomic mass is 16.5. The van der Waals surface area contributed by atoms with Gasteiger partial charge in [-0.2, -0.15) is 0 Å². The third kappa shape index (κ3) is 4.13. The summed E-state index contributed by atoms with van der Waals surface area (Å²) in [6, 6.07) is 11.7. The first kappa shape index (κ1) is 20.2. The first-order valence-electron chi connectivity index (χ1n) is 10.4. The van der Waals surface area contributed by atoms with Crippen LogP contribution in [-0.2, 0) is 0 Å². The number of hydrogen-bond donors (Lipinski definition) is 2. The van der Waals surface area contributed by atoms with E-state index >= 15 is 0 Å². The minimum Gasteiger partial charge on any atom is -0.497 e. The molecule has 1 spiro atoms. The number of hydrogen-bond acceptors (Lipinski definition) is 5. The second-order valence-electron chi connectivity index (χ2n) is 8.57. The van der Waals surface area contributed by atoms with E-state index in [4.69, 9.17) is 9.47 Å². The molecule has 2 aliphatic heterocycles. The van der Waals surface area contributed by atoms with Gasteiger partial charge in [-0.1, -0.05) is 12.1 Å². The topological polar surface area (TPSA) is 62.2 Å². The summed E-state index contributed by atoms with van der Waals surface area (Å²) in [5.41, 5.74) is 3.87. The monoisotopic (exact) mass is 397 g/mol. The molecule has 2 aromatic rings. The van der Waals surface area contributed by atoms with E-state index in [1.165, 1.54) is 11.1 Å². The number of nitrogens with zero attached hydrogens (tertiary/aromatic N) is 1. The number of likely N-dealkylation sites (tertiary alicyclic amines) is 1. The van der Waals surface area contributed by atoms with E-state index in [2.05, 4.69) is 30.9 Å². The highest BCUT2D eigenvalue weighted by Crippen LogP contribution is 2.45. The van der Waals surface area contributed by atoms with Crippen LogP contribution in [0.5, 0.6) is 11.5 Å². The second-order valence-corrected chi connectivity index (χ2v) is 8.57. The van der Waals surface area contributed by atoms with Crippen LogP contribution in [0.15, 0.2) is 36.4 Å². The van der Waals surface area contributed by atoms with E-state index in [0.717, 1.165) is 48.6 Å². The molecule has 2 heterocycles. The molecule has 5 nitrogen and oxygen atoms in total. The zero-order valence-electron chi connectivity index (χ0n) is 17.5. The molecule has 2 atom stereocenters. The summed E-state index contributed by atoms with van der Waals surface area (Å²) in [6.45, 7) is 6.44. The maximum atomic E-state index is 10.8. The van der Waals surface area contributed by atoms with E-state index in [9.17, 15) is 10.2 Å². The van der Waals surface area contributed by atoms with Gasteiger partial charge in [-0.25, -0.2) is 0 Å². The summed E-state index contributed by atoms with van der Waals surface area (Å²) in [7, 11) is 1.64. The Kier molecular flexibility index (Phi) is 5.56. The van der Waals surface area contributed by atoms with Gasteiger partial charge in [0.2, 0.25) is 0 Å². The number of benzene rings is 2. The van der Waals surface area contributed by atoms with E-state index in [1.807, 2.05) is 24.3 Å². The fourth-order valence-corrected chi connectivity index (χ4v) is 4.52. The summed E-state index contributed by atoms with van der Waals surface area (Å²) >= 11 is 0. The Morgan fingerprint density at radius 2 is 1.79 bits per heavy atom. The van der Waals surface area contributed by atoms with E-state index in [0.29, 0.717) is 13.0 Å². The lowest BCUT2D eigenvalue weighted by Gasteiger charge is -2.46. The van der Waals surface area contributed by atoms with Gasteiger partial charge in [-0.15, -0.1) is 0 Å². The van der Waals surface area contributed by atoms with Gasteiger partial charge < -0.3 is 24.6 Å². The van der Waals surface area contributed by atoms with Gasteiger partial charge >= 0.3 is 0 Å². The summed E-state index contributed by atoms with van der Waals surface area (Å²) in [5.74, 6) is 1.62. The second kappa shape index (κ2) is 7.98. The van der Waals surface area contributed by atoms with Crippen molar-refractivity contribution in [2.45, 2.75) is 50.9 Å². The standard InChI is InChI=1S/C24H31NO4/c1-16-12-20-21(26)14-24(29-23(20)13-17(16)2)8-10-25(11-9-24)15-22(27)18-4-6-19(28-3)7-5-18/h4-7,12-13,21-22,26-27H,8-11,14-15H2,1-3H3. The maximum Gasteiger partial charge on any atom is 0.126 e. The molecule has 0 radical (unpaired) electrons. The normalized spacial score (nSPS) is 22.0. The Morgan fingerprint density at radius 1 is 1.14 bits per heavy atom. The van der Waals surface area contributed by atoms with Crippen LogP contribution in [0.3, 0.4) is 0 Å². The van der Waals surface area contributed by atoms with Crippen LogP contribution in [0.1, 0.15) is 53.7 Å². The smallest absolute Gasteiger partial charge is 0.126 e. The zero-order valence-corrected chi connectivity index (χ0v) is 17.5. The van der Waals surface area contributed by atoms with E-state index in [-0.39, 0.29) is 5.60 Å². The number of piperidine rings is 1. The number of fused-ring (bicyclic) bond motifs is 1. The molecule has 0 aliphatic carbocycles. The van der Waals surface area contributed by atoms with Crippen molar-refractivity contribution in [1.82, 2.24) is 4.90 Å². The number of rotatable bonds is 4. The molecule has 2 unspecified atom stereocenters. The Balaban J connectivity index is 1.39. The molecule has 4 rings (SSSR count). The average molecular weight is 398 g/mol. The molecule has 0 amide bonds. The van der Waals surface area contributed by atoms with Crippen molar-refractivity contribution in [1.29, 1.82) is 0 Å². The fourth-order valence-electron chi connectivity index (χ4n) is 4.52. The minimum atomic E-state index is -0.529. The Bertz CT molecular complexity index is 856. The summed E-state index contributed by atoms with van der Waals surface area (Å²) < 4.78 is 11.7. The molecule has 156 valence electrons. The van der Waals surface area contributed by atoms with Crippen molar-refractivity contribution in [2.24, 2.45) is 0 Å². The van der Waals surface area contributed by atoms with Crippen molar-refractivity contribution in [3.63, 3.8) is 0 Å². The predicted octanol–water partition coefficient (Wildman–Crippen LogP) is 3.70. The lowest BCUT2D eigenvalue weighted by molar-refractivity contribution is -0.0588. The number of β-amino-alcohol motifs (C(OH)–C–C–N with tert-alkyl or cyclic N) is 1. The lowest BCUT2D eigenvalue weighted by Crippen LogP contribution is -2.51. The first-order chi connectivity index (χ1) is 13.9. The quantitative estimate of drug-likeness (QED) is 0.824. The molecule has 2 aromatic carbocycles. The van der Waals surface area contributed by atoms with Gasteiger partial charge in [0.15, 0.2) is 0 Å². The highest BCUT2D eigenvalue weighted by molar-refractivity contribution is 5.45. The number of methoxy groups -OCH3 is 1. The van der Waals surface area contributed by atoms with Crippen LogP contribution < -0.4 is 9.47 Å². The molecule has 1 fully saturated rings. The van der Waals surface area contributed by atoms with Crippen molar-refractivity contribution >= 4 is 0 Å². The van der Waals surface area contributed by atoms with Crippen LogP contribution in [-0.4, -0.2) is 47.5 Å². The van der Waals surface area contributed by atoms with Gasteiger partial charge in [0.25, 0.3) is 0 Å². The third-order valence-corrected chi connectivity index (χ3v) is 6.58. The van der Waals surface area contributed by atoms with E-state index < -0.39 is 12.2 Å². The largest absolute Gasteiger partial charge is 0.497 e. The molecule has 5 heteroatoms. The predicted molar refractivity (Wildman–Crippen MR) is 112 cm³/mol. The van der Waals surface area contributed by atoms with Crippen molar-refractivity contribution in [3.05, 3.63) is 58.7 Å². The Labute approximate surface area is 172 Å². The molecule has 2 aliphatic rings.